The van der Waals surface area contributed by atoms with Crippen LogP contribution in [0.4, 0.5) is 13.2 Å². The Labute approximate surface area is 191 Å². The molecule has 2 aliphatic heterocycles. The fourth-order valence-electron chi connectivity index (χ4n) is 4.03. The predicted molar refractivity (Wildman–Crippen MR) is 110 cm³/mol. The van der Waals surface area contributed by atoms with E-state index in [2.05, 4.69) is 5.32 Å². The van der Waals surface area contributed by atoms with Gasteiger partial charge in [0.2, 0.25) is 11.8 Å². The van der Waals surface area contributed by atoms with Crippen LogP contribution in [0, 0.1) is 11.3 Å². The number of carbonyl (C=O) groups is 4. The Bertz CT molecular complexity index is 1230. The molecule has 11 heteroatoms. The first kappa shape index (κ1) is 23.0. The molecular weight excluding hydrogens is 453 g/mol. The Morgan fingerprint density at radius 3 is 2.47 bits per heavy atom. The van der Waals surface area contributed by atoms with E-state index in [-0.39, 0.29) is 41.6 Å². The molecule has 0 bridgehead atoms. The molecule has 174 valence electrons. The highest BCUT2D eigenvalue weighted by atomic mass is 19.4. The molecule has 0 aromatic heterocycles. The molecule has 2 aromatic rings. The number of imide groups is 1. The molecule has 2 atom stereocenters. The van der Waals surface area contributed by atoms with Crippen LogP contribution in [0.15, 0.2) is 42.5 Å². The van der Waals surface area contributed by atoms with E-state index >= 15 is 0 Å². The van der Waals surface area contributed by atoms with Gasteiger partial charge < -0.3 is 10.2 Å². The molecule has 0 saturated carbocycles. The van der Waals surface area contributed by atoms with Gasteiger partial charge in [0.25, 0.3) is 11.8 Å². The van der Waals surface area contributed by atoms with Gasteiger partial charge in [-0.3, -0.25) is 24.5 Å². The van der Waals surface area contributed by atoms with Crippen molar-refractivity contribution in [2.75, 3.05) is 0 Å². The van der Waals surface area contributed by atoms with Crippen LogP contribution in [-0.2, 0) is 16.1 Å². The van der Waals surface area contributed by atoms with Crippen molar-refractivity contribution in [3.05, 3.63) is 70.3 Å². The molecule has 2 aromatic carbocycles. The second-order valence-corrected chi connectivity index (χ2v) is 7.95. The molecule has 0 spiro atoms. The van der Waals surface area contributed by atoms with E-state index < -0.39 is 41.9 Å². The molecule has 2 N–H and O–H groups in total. The lowest BCUT2D eigenvalue weighted by Crippen LogP contribution is -2.52. The number of alkyl halides is 3. The molecule has 2 aliphatic rings. The molecule has 1 fully saturated rings. The maximum atomic E-state index is 13.7. The van der Waals surface area contributed by atoms with E-state index in [0.717, 1.165) is 12.1 Å². The fourth-order valence-corrected chi connectivity index (χ4v) is 4.03. The number of carbonyl (C=O) groups excluding carboxylic acids is 4. The zero-order valence-corrected chi connectivity index (χ0v) is 17.5. The van der Waals surface area contributed by atoms with E-state index in [0.29, 0.717) is 5.56 Å². The Kier molecular flexibility index (Phi) is 5.83. The largest absolute Gasteiger partial charge is 0.412 e. The van der Waals surface area contributed by atoms with Gasteiger partial charge in [-0.2, -0.15) is 18.4 Å². The number of hydrogen-bond acceptors (Lipinski definition) is 5. The first-order valence-electron chi connectivity index (χ1n) is 10.2. The van der Waals surface area contributed by atoms with Crippen molar-refractivity contribution in [3.8, 4) is 6.07 Å². The lowest BCUT2D eigenvalue weighted by Gasteiger charge is -2.29. The second kappa shape index (κ2) is 8.62. The van der Waals surface area contributed by atoms with Crippen LogP contribution in [0.1, 0.15) is 56.3 Å². The standard InChI is InChI=1S/C23H17F3N4O4/c24-23(25,26)19(13-3-1-12(10-27)2-4-13)29-20(32)14-5-6-16-15(9-14)11-30(22(16)34)17-7-8-18(31)28-21(17)33/h1-6,9,17,19H,7-8,11H2,(H,29,32)(H,28,31,33). The molecule has 1 saturated heterocycles. The van der Waals surface area contributed by atoms with Crippen molar-refractivity contribution in [1.82, 2.24) is 15.5 Å². The predicted octanol–water partition coefficient (Wildman–Crippen LogP) is 2.35. The Hall–Kier alpha value is -4.20. The average Bonchev–Trinajstić information content (AvgIpc) is 3.12. The summed E-state index contributed by atoms with van der Waals surface area (Å²) < 4.78 is 41.0. The van der Waals surface area contributed by atoms with Crippen molar-refractivity contribution in [2.45, 2.75) is 37.6 Å². The Balaban J connectivity index is 1.54. The quantitative estimate of drug-likeness (QED) is 0.665. The van der Waals surface area contributed by atoms with Gasteiger partial charge in [-0.25, -0.2) is 0 Å². The maximum Gasteiger partial charge on any atom is 0.412 e. The monoisotopic (exact) mass is 470 g/mol. The highest BCUT2D eigenvalue weighted by Crippen LogP contribution is 2.34. The van der Waals surface area contributed by atoms with E-state index in [1.807, 2.05) is 11.4 Å². The summed E-state index contributed by atoms with van der Waals surface area (Å²) in [5, 5.41) is 13.0. The first-order chi connectivity index (χ1) is 16.1. The number of amides is 4. The summed E-state index contributed by atoms with van der Waals surface area (Å²) in [6, 6.07) is 7.26. The van der Waals surface area contributed by atoms with Crippen LogP contribution in [0.25, 0.3) is 0 Å². The van der Waals surface area contributed by atoms with Crippen molar-refractivity contribution in [2.24, 2.45) is 0 Å². The Morgan fingerprint density at radius 2 is 1.85 bits per heavy atom. The van der Waals surface area contributed by atoms with Crippen LogP contribution in [-0.4, -0.2) is 40.7 Å². The number of rotatable bonds is 4. The van der Waals surface area contributed by atoms with Gasteiger partial charge in [-0.1, -0.05) is 12.1 Å². The number of nitriles is 1. The minimum Gasteiger partial charge on any atom is -0.337 e. The van der Waals surface area contributed by atoms with Gasteiger partial charge in [0.05, 0.1) is 11.6 Å². The van der Waals surface area contributed by atoms with Crippen molar-refractivity contribution >= 4 is 23.6 Å². The molecule has 4 rings (SSSR count). The topological polar surface area (TPSA) is 119 Å². The fraction of sp³-hybridized carbons (Fsp3) is 0.261. The summed E-state index contributed by atoms with van der Waals surface area (Å²) in [4.78, 5) is 50.2. The van der Waals surface area contributed by atoms with Gasteiger partial charge >= 0.3 is 6.18 Å². The van der Waals surface area contributed by atoms with Gasteiger partial charge in [0.15, 0.2) is 6.04 Å². The average molecular weight is 470 g/mol. The van der Waals surface area contributed by atoms with Crippen LogP contribution in [0.2, 0.25) is 0 Å². The van der Waals surface area contributed by atoms with Crippen LogP contribution < -0.4 is 10.6 Å². The zero-order valence-electron chi connectivity index (χ0n) is 17.5. The molecule has 4 amide bonds. The zero-order chi connectivity index (χ0) is 24.6. The summed E-state index contributed by atoms with van der Waals surface area (Å²) in [5.74, 6) is -2.47. The molecule has 0 aliphatic carbocycles. The highest BCUT2D eigenvalue weighted by molar-refractivity contribution is 6.06. The second-order valence-electron chi connectivity index (χ2n) is 7.95. The minimum atomic E-state index is -4.79. The summed E-state index contributed by atoms with van der Waals surface area (Å²) in [5.41, 5.74) is 0.490. The number of benzene rings is 2. The SMILES string of the molecule is N#Cc1ccc(C(NC(=O)c2ccc3c(c2)CN(C2CCC(=O)NC2=O)C3=O)C(F)(F)F)cc1. The number of halogens is 3. The van der Waals surface area contributed by atoms with Crippen molar-refractivity contribution < 1.29 is 32.3 Å². The molecule has 0 radical (unpaired) electrons. The lowest BCUT2D eigenvalue weighted by atomic mass is 10.0. The van der Waals surface area contributed by atoms with Gasteiger partial charge in [0.1, 0.15) is 6.04 Å². The van der Waals surface area contributed by atoms with E-state index in [9.17, 15) is 32.3 Å². The third-order valence-electron chi connectivity index (χ3n) is 5.76. The third-order valence-corrected chi connectivity index (χ3v) is 5.76. The van der Waals surface area contributed by atoms with Crippen LogP contribution in [0.5, 0.6) is 0 Å². The van der Waals surface area contributed by atoms with Crippen molar-refractivity contribution in [1.29, 1.82) is 5.26 Å². The normalized spacial score (nSPS) is 18.7. The summed E-state index contributed by atoms with van der Waals surface area (Å²) in [7, 11) is 0. The molecule has 2 heterocycles. The van der Waals surface area contributed by atoms with Crippen LogP contribution >= 0.6 is 0 Å². The van der Waals surface area contributed by atoms with Crippen molar-refractivity contribution in [3.63, 3.8) is 0 Å². The molecule has 8 nitrogen and oxygen atoms in total. The van der Waals surface area contributed by atoms with Gasteiger partial charge in [-0.05, 0) is 47.9 Å². The smallest absolute Gasteiger partial charge is 0.337 e. The number of nitrogens with one attached hydrogen (secondary N) is 2. The number of nitrogens with zero attached hydrogens (tertiary/aromatic N) is 2. The third kappa shape index (κ3) is 4.34. The lowest BCUT2D eigenvalue weighted by molar-refractivity contribution is -0.155. The van der Waals surface area contributed by atoms with Gasteiger partial charge in [-0.15, -0.1) is 0 Å². The summed E-state index contributed by atoms with van der Waals surface area (Å²) in [6.07, 6.45) is -4.55. The van der Waals surface area contributed by atoms with Gasteiger partial charge in [0, 0.05) is 24.1 Å². The molecular formula is C23H17F3N4O4. The number of fused-ring (bicyclic) bond motifs is 1. The summed E-state index contributed by atoms with van der Waals surface area (Å²) >= 11 is 0. The highest BCUT2D eigenvalue weighted by Gasteiger charge is 2.43. The maximum absolute atomic E-state index is 13.7. The molecule has 2 unspecified atom stereocenters. The molecule has 34 heavy (non-hydrogen) atoms. The van der Waals surface area contributed by atoms with E-state index in [4.69, 9.17) is 5.26 Å². The van der Waals surface area contributed by atoms with E-state index in [1.165, 1.54) is 35.2 Å². The Morgan fingerprint density at radius 1 is 1.15 bits per heavy atom. The number of hydrogen-bond donors (Lipinski definition) is 2. The minimum absolute atomic E-state index is 0.0140. The number of piperidine rings is 1. The summed E-state index contributed by atoms with van der Waals surface area (Å²) in [6.45, 7) is -0.0140. The first-order valence-corrected chi connectivity index (χ1v) is 10.2. The van der Waals surface area contributed by atoms with E-state index in [1.54, 1.807) is 0 Å². The van der Waals surface area contributed by atoms with Crippen LogP contribution in [0.3, 0.4) is 0 Å².